The summed E-state index contributed by atoms with van der Waals surface area (Å²) in [6.45, 7) is 4.57. The van der Waals surface area contributed by atoms with Crippen LogP contribution in [0.3, 0.4) is 0 Å². The quantitative estimate of drug-likeness (QED) is 0.867. The van der Waals surface area contributed by atoms with Gasteiger partial charge in [0.2, 0.25) is 10.0 Å². The number of nitrogens with zero attached hydrogens (tertiary/aromatic N) is 2. The van der Waals surface area contributed by atoms with Crippen molar-refractivity contribution in [2.24, 2.45) is 0 Å². The molecule has 1 aliphatic rings. The Kier molecular flexibility index (Phi) is 4.06. The van der Waals surface area contributed by atoms with E-state index in [2.05, 4.69) is 5.16 Å². The van der Waals surface area contributed by atoms with Crippen molar-refractivity contribution in [2.45, 2.75) is 43.5 Å². The molecule has 1 atom stereocenters. The Balaban J connectivity index is 1.93. The molecule has 1 aromatic carbocycles. The average Bonchev–Trinajstić information content (AvgIpc) is 3.17. The predicted octanol–water partition coefficient (Wildman–Crippen LogP) is 3.32. The van der Waals surface area contributed by atoms with Gasteiger partial charge in [0, 0.05) is 18.5 Å². The zero-order valence-corrected chi connectivity index (χ0v) is 13.6. The van der Waals surface area contributed by atoms with Gasteiger partial charge in [-0.2, -0.15) is 4.31 Å². The molecule has 2 heterocycles. The molecule has 3 rings (SSSR count). The van der Waals surface area contributed by atoms with Gasteiger partial charge in [-0.05, 0) is 25.0 Å². The lowest BCUT2D eigenvalue weighted by molar-refractivity contribution is 0.338. The van der Waals surface area contributed by atoms with Gasteiger partial charge in [0.05, 0.1) is 10.9 Å². The first kappa shape index (κ1) is 15.2. The van der Waals surface area contributed by atoms with Gasteiger partial charge in [-0.15, -0.1) is 0 Å². The van der Waals surface area contributed by atoms with Crippen LogP contribution in [-0.4, -0.2) is 24.4 Å². The first-order chi connectivity index (χ1) is 10.5. The highest BCUT2D eigenvalue weighted by Crippen LogP contribution is 2.36. The van der Waals surface area contributed by atoms with Crippen molar-refractivity contribution in [1.29, 1.82) is 0 Å². The fourth-order valence-corrected chi connectivity index (χ4v) is 4.47. The van der Waals surface area contributed by atoms with E-state index in [1.54, 1.807) is 28.6 Å². The molecular weight excluding hydrogens is 300 g/mol. The Morgan fingerprint density at radius 1 is 1.27 bits per heavy atom. The van der Waals surface area contributed by atoms with Gasteiger partial charge < -0.3 is 4.52 Å². The molecule has 1 saturated heterocycles. The third kappa shape index (κ3) is 2.68. The summed E-state index contributed by atoms with van der Waals surface area (Å²) in [6.07, 6.45) is 1.61. The van der Waals surface area contributed by atoms with Gasteiger partial charge in [-0.25, -0.2) is 8.42 Å². The van der Waals surface area contributed by atoms with E-state index < -0.39 is 10.0 Å². The largest absolute Gasteiger partial charge is 0.361 e. The zero-order valence-electron chi connectivity index (χ0n) is 12.8. The normalized spacial score (nSPS) is 19.9. The van der Waals surface area contributed by atoms with Crippen LogP contribution in [0, 0.1) is 0 Å². The second-order valence-electron chi connectivity index (χ2n) is 5.90. The molecule has 0 unspecified atom stereocenters. The van der Waals surface area contributed by atoms with Crippen LogP contribution in [0.15, 0.2) is 45.8 Å². The minimum absolute atomic E-state index is 0.235. The predicted molar refractivity (Wildman–Crippen MR) is 82.9 cm³/mol. The molecule has 0 spiro atoms. The SMILES string of the molecule is CC(C)c1cc([C@@H]2CCCN2S(=O)(=O)c2ccccc2)no1. The lowest BCUT2D eigenvalue weighted by Crippen LogP contribution is -2.30. The number of hydrogen-bond donors (Lipinski definition) is 0. The summed E-state index contributed by atoms with van der Waals surface area (Å²) in [7, 11) is -3.50. The van der Waals surface area contributed by atoms with Crippen LogP contribution in [0.5, 0.6) is 0 Å². The van der Waals surface area contributed by atoms with Crippen molar-refractivity contribution in [1.82, 2.24) is 9.46 Å². The molecule has 0 amide bonds. The van der Waals surface area contributed by atoms with Gasteiger partial charge in [0.1, 0.15) is 11.5 Å². The monoisotopic (exact) mass is 320 g/mol. The summed E-state index contributed by atoms with van der Waals surface area (Å²) in [5.74, 6) is 1.03. The number of aromatic nitrogens is 1. The molecular formula is C16H20N2O3S. The summed E-state index contributed by atoms with van der Waals surface area (Å²) in [4.78, 5) is 0.328. The Morgan fingerprint density at radius 3 is 2.64 bits per heavy atom. The lowest BCUT2D eigenvalue weighted by Gasteiger charge is -2.22. The number of benzene rings is 1. The Labute approximate surface area is 131 Å². The standard InChI is InChI=1S/C16H20N2O3S/c1-12(2)16-11-14(17-21-16)15-9-6-10-18(15)22(19,20)13-7-4-3-5-8-13/h3-5,7-8,11-12,15H,6,9-10H2,1-2H3/t15-/m0/s1. The molecule has 6 heteroatoms. The van der Waals surface area contributed by atoms with Crippen molar-refractivity contribution >= 4 is 10.0 Å². The average molecular weight is 320 g/mol. The van der Waals surface area contributed by atoms with Gasteiger partial charge >= 0.3 is 0 Å². The molecule has 0 radical (unpaired) electrons. The van der Waals surface area contributed by atoms with Crippen LogP contribution in [0.2, 0.25) is 0 Å². The van der Waals surface area contributed by atoms with Crippen LogP contribution in [0.1, 0.15) is 50.1 Å². The van der Waals surface area contributed by atoms with Crippen molar-refractivity contribution in [3.8, 4) is 0 Å². The highest BCUT2D eigenvalue weighted by Gasteiger charge is 2.37. The first-order valence-electron chi connectivity index (χ1n) is 7.53. The Hall–Kier alpha value is -1.66. The lowest BCUT2D eigenvalue weighted by atomic mass is 10.1. The van der Waals surface area contributed by atoms with Crippen LogP contribution in [-0.2, 0) is 10.0 Å². The van der Waals surface area contributed by atoms with E-state index in [0.717, 1.165) is 18.6 Å². The maximum atomic E-state index is 12.8. The molecule has 0 N–H and O–H groups in total. The van der Waals surface area contributed by atoms with Crippen molar-refractivity contribution in [3.05, 3.63) is 47.9 Å². The van der Waals surface area contributed by atoms with Crippen LogP contribution < -0.4 is 0 Å². The van der Waals surface area contributed by atoms with E-state index in [1.165, 1.54) is 0 Å². The van der Waals surface area contributed by atoms with E-state index >= 15 is 0 Å². The second-order valence-corrected chi connectivity index (χ2v) is 7.79. The molecule has 0 bridgehead atoms. The maximum absolute atomic E-state index is 12.8. The number of rotatable bonds is 4. The molecule has 2 aromatic rings. The topological polar surface area (TPSA) is 63.4 Å². The van der Waals surface area contributed by atoms with Crippen LogP contribution in [0.25, 0.3) is 0 Å². The summed E-state index contributed by atoms with van der Waals surface area (Å²) >= 11 is 0. The van der Waals surface area contributed by atoms with E-state index in [-0.39, 0.29) is 12.0 Å². The van der Waals surface area contributed by atoms with Crippen LogP contribution in [0.4, 0.5) is 0 Å². The van der Waals surface area contributed by atoms with Gasteiger partial charge in [0.15, 0.2) is 0 Å². The van der Waals surface area contributed by atoms with Crippen LogP contribution >= 0.6 is 0 Å². The third-order valence-electron chi connectivity index (χ3n) is 4.01. The fraction of sp³-hybridized carbons (Fsp3) is 0.438. The van der Waals surface area contributed by atoms with Gasteiger partial charge in [-0.3, -0.25) is 0 Å². The van der Waals surface area contributed by atoms with E-state index in [1.807, 2.05) is 26.0 Å². The van der Waals surface area contributed by atoms with E-state index in [4.69, 9.17) is 4.52 Å². The summed E-state index contributed by atoms with van der Waals surface area (Å²) in [6, 6.07) is 10.2. The molecule has 22 heavy (non-hydrogen) atoms. The molecule has 1 aliphatic heterocycles. The highest BCUT2D eigenvalue weighted by molar-refractivity contribution is 7.89. The van der Waals surface area contributed by atoms with Crippen molar-refractivity contribution < 1.29 is 12.9 Å². The minimum Gasteiger partial charge on any atom is -0.361 e. The second kappa shape index (κ2) is 5.85. The maximum Gasteiger partial charge on any atom is 0.243 e. The third-order valence-corrected chi connectivity index (χ3v) is 5.93. The first-order valence-corrected chi connectivity index (χ1v) is 8.97. The molecule has 0 saturated carbocycles. The summed E-state index contributed by atoms with van der Waals surface area (Å²) < 4.78 is 32.5. The van der Waals surface area contributed by atoms with E-state index in [0.29, 0.717) is 17.1 Å². The smallest absolute Gasteiger partial charge is 0.243 e. The molecule has 1 aromatic heterocycles. The minimum atomic E-state index is -3.50. The number of sulfonamides is 1. The van der Waals surface area contributed by atoms with Crippen molar-refractivity contribution in [2.75, 3.05) is 6.54 Å². The molecule has 5 nitrogen and oxygen atoms in total. The molecule has 0 aliphatic carbocycles. The zero-order chi connectivity index (χ0) is 15.7. The highest BCUT2D eigenvalue weighted by atomic mass is 32.2. The molecule has 118 valence electrons. The molecule has 1 fully saturated rings. The van der Waals surface area contributed by atoms with E-state index in [9.17, 15) is 8.42 Å². The van der Waals surface area contributed by atoms with Gasteiger partial charge in [-0.1, -0.05) is 37.2 Å². The fourth-order valence-electron chi connectivity index (χ4n) is 2.78. The van der Waals surface area contributed by atoms with Crippen molar-refractivity contribution in [3.63, 3.8) is 0 Å². The summed E-state index contributed by atoms with van der Waals surface area (Å²) in [5.41, 5.74) is 0.709. The number of hydrogen-bond acceptors (Lipinski definition) is 4. The Morgan fingerprint density at radius 2 is 2.00 bits per heavy atom. The summed E-state index contributed by atoms with van der Waals surface area (Å²) in [5, 5.41) is 4.10. The van der Waals surface area contributed by atoms with Gasteiger partial charge in [0.25, 0.3) is 0 Å². The Bertz CT molecular complexity index is 738.